The predicted octanol–water partition coefficient (Wildman–Crippen LogP) is 10.9. The number of nitrogens with zero attached hydrogens (tertiary/aromatic N) is 5. The number of para-hydroxylation sites is 2. The van der Waals surface area contributed by atoms with E-state index in [0.29, 0.717) is 17.5 Å². The molecule has 0 spiro atoms. The lowest BCUT2D eigenvalue weighted by Gasteiger charge is -2.09. The molecule has 0 aliphatic carbocycles. The SMILES string of the molecule is c1ccc(-c2ccc(-c3nc(-c4cccnc4)nc(-c4ccc5oc6cc7c8ccccc8n(-c8ccccc8)c7cc6c5c4)n3)cc2)cc1. The summed E-state index contributed by atoms with van der Waals surface area (Å²) in [5, 5.41) is 4.37. The van der Waals surface area contributed by atoms with Crippen LogP contribution in [0.4, 0.5) is 0 Å². The van der Waals surface area contributed by atoms with Gasteiger partial charge >= 0.3 is 0 Å². The van der Waals surface area contributed by atoms with Crippen LogP contribution in [0.3, 0.4) is 0 Å². The summed E-state index contributed by atoms with van der Waals surface area (Å²) in [6.45, 7) is 0. The molecule has 0 fully saturated rings. The van der Waals surface area contributed by atoms with Crippen LogP contribution in [-0.4, -0.2) is 24.5 Å². The van der Waals surface area contributed by atoms with E-state index in [2.05, 4.69) is 113 Å². The molecule has 10 rings (SSSR count). The third-order valence-electron chi connectivity index (χ3n) is 9.34. The van der Waals surface area contributed by atoms with Gasteiger partial charge in [0.25, 0.3) is 0 Å². The van der Waals surface area contributed by atoms with Crippen LogP contribution in [0, 0.1) is 0 Å². The fraction of sp³-hybridized carbons (Fsp3) is 0. The first kappa shape index (κ1) is 28.1. The monoisotopic (exact) mass is 641 g/mol. The van der Waals surface area contributed by atoms with Crippen LogP contribution in [0.25, 0.3) is 94.7 Å². The molecule has 0 bridgehead atoms. The number of aromatic nitrogens is 5. The normalized spacial score (nSPS) is 11.6. The lowest BCUT2D eigenvalue weighted by atomic mass is 10.0. The van der Waals surface area contributed by atoms with Crippen LogP contribution in [0.1, 0.15) is 0 Å². The van der Waals surface area contributed by atoms with E-state index in [0.717, 1.165) is 71.9 Å². The summed E-state index contributed by atoms with van der Waals surface area (Å²) in [6.07, 6.45) is 3.53. The first-order valence-corrected chi connectivity index (χ1v) is 16.5. The summed E-state index contributed by atoms with van der Waals surface area (Å²) in [4.78, 5) is 19.2. The Kier molecular flexibility index (Phi) is 6.39. The molecule has 6 heteroatoms. The maximum Gasteiger partial charge on any atom is 0.165 e. The van der Waals surface area contributed by atoms with Crippen molar-refractivity contribution >= 4 is 43.7 Å². The van der Waals surface area contributed by atoms with E-state index in [1.807, 2.05) is 48.5 Å². The van der Waals surface area contributed by atoms with Crippen molar-refractivity contribution in [2.24, 2.45) is 0 Å². The second-order valence-electron chi connectivity index (χ2n) is 12.4. The Morgan fingerprint density at radius 1 is 0.400 bits per heavy atom. The number of rotatable bonds is 5. The summed E-state index contributed by atoms with van der Waals surface area (Å²) >= 11 is 0. The Morgan fingerprint density at radius 3 is 1.80 bits per heavy atom. The van der Waals surface area contributed by atoms with Gasteiger partial charge in [-0.2, -0.15) is 0 Å². The van der Waals surface area contributed by atoms with Gasteiger partial charge in [0.15, 0.2) is 17.5 Å². The van der Waals surface area contributed by atoms with Crippen LogP contribution < -0.4 is 0 Å². The zero-order valence-electron chi connectivity index (χ0n) is 26.7. The Labute approximate surface area is 287 Å². The van der Waals surface area contributed by atoms with E-state index in [1.54, 1.807) is 12.4 Å². The molecule has 234 valence electrons. The van der Waals surface area contributed by atoms with E-state index < -0.39 is 0 Å². The molecule has 0 N–H and O–H groups in total. The van der Waals surface area contributed by atoms with E-state index in [1.165, 1.54) is 5.39 Å². The Bertz CT molecular complexity index is 2840. The number of pyridine rings is 1. The molecular weight excluding hydrogens is 615 g/mol. The number of hydrogen-bond acceptors (Lipinski definition) is 5. The molecule has 0 saturated heterocycles. The molecular formula is C44H27N5O. The van der Waals surface area contributed by atoms with Crippen LogP contribution in [0.2, 0.25) is 0 Å². The first-order valence-electron chi connectivity index (χ1n) is 16.5. The van der Waals surface area contributed by atoms with E-state index in [-0.39, 0.29) is 0 Å². The number of hydrogen-bond donors (Lipinski definition) is 0. The largest absolute Gasteiger partial charge is 0.456 e. The van der Waals surface area contributed by atoms with Crippen molar-refractivity contribution in [1.29, 1.82) is 0 Å². The van der Waals surface area contributed by atoms with Gasteiger partial charge in [-0.15, -0.1) is 0 Å². The highest BCUT2D eigenvalue weighted by molar-refractivity contribution is 6.17. The van der Waals surface area contributed by atoms with Gasteiger partial charge in [0, 0.05) is 56.3 Å². The number of fused-ring (bicyclic) bond motifs is 6. The van der Waals surface area contributed by atoms with Crippen molar-refractivity contribution in [3.05, 3.63) is 164 Å². The first-order chi connectivity index (χ1) is 24.8. The van der Waals surface area contributed by atoms with Crippen molar-refractivity contribution in [2.45, 2.75) is 0 Å². The van der Waals surface area contributed by atoms with Crippen LogP contribution in [-0.2, 0) is 0 Å². The molecule has 0 aliphatic rings. The van der Waals surface area contributed by atoms with Gasteiger partial charge in [-0.3, -0.25) is 4.98 Å². The molecule has 0 unspecified atom stereocenters. The van der Waals surface area contributed by atoms with Gasteiger partial charge in [0.1, 0.15) is 11.2 Å². The smallest absolute Gasteiger partial charge is 0.165 e. The van der Waals surface area contributed by atoms with Gasteiger partial charge in [-0.1, -0.05) is 91.0 Å². The van der Waals surface area contributed by atoms with Gasteiger partial charge in [-0.05, 0) is 71.8 Å². The highest BCUT2D eigenvalue weighted by atomic mass is 16.3. The van der Waals surface area contributed by atoms with E-state index >= 15 is 0 Å². The number of furan rings is 1. The average Bonchev–Trinajstić information content (AvgIpc) is 3.72. The molecule has 6 nitrogen and oxygen atoms in total. The van der Waals surface area contributed by atoms with Gasteiger partial charge < -0.3 is 8.98 Å². The Hall–Kier alpha value is -6.92. The predicted molar refractivity (Wildman–Crippen MR) is 201 cm³/mol. The fourth-order valence-electron chi connectivity index (χ4n) is 6.93. The summed E-state index contributed by atoms with van der Waals surface area (Å²) in [7, 11) is 0. The van der Waals surface area contributed by atoms with Gasteiger partial charge in [-0.25, -0.2) is 15.0 Å². The molecule has 4 aromatic heterocycles. The fourth-order valence-corrected chi connectivity index (χ4v) is 6.93. The van der Waals surface area contributed by atoms with Crippen molar-refractivity contribution < 1.29 is 4.42 Å². The van der Waals surface area contributed by atoms with Crippen LogP contribution in [0.5, 0.6) is 0 Å². The molecule has 0 amide bonds. The maximum atomic E-state index is 6.48. The van der Waals surface area contributed by atoms with E-state index in [9.17, 15) is 0 Å². The minimum absolute atomic E-state index is 0.566. The molecule has 4 heterocycles. The third-order valence-corrected chi connectivity index (χ3v) is 9.34. The van der Waals surface area contributed by atoms with Crippen molar-refractivity contribution in [3.8, 4) is 51.0 Å². The second kappa shape index (κ2) is 11.4. The lowest BCUT2D eigenvalue weighted by Crippen LogP contribution is -2.00. The Balaban J connectivity index is 1.15. The molecule has 0 radical (unpaired) electrons. The molecule has 6 aromatic carbocycles. The van der Waals surface area contributed by atoms with Crippen molar-refractivity contribution in [3.63, 3.8) is 0 Å². The highest BCUT2D eigenvalue weighted by Gasteiger charge is 2.18. The minimum Gasteiger partial charge on any atom is -0.456 e. The zero-order valence-corrected chi connectivity index (χ0v) is 26.7. The van der Waals surface area contributed by atoms with Gasteiger partial charge in [0.05, 0.1) is 11.0 Å². The van der Waals surface area contributed by atoms with E-state index in [4.69, 9.17) is 19.4 Å². The summed E-state index contributed by atoms with van der Waals surface area (Å²) in [6, 6.07) is 52.2. The maximum absolute atomic E-state index is 6.48. The summed E-state index contributed by atoms with van der Waals surface area (Å²) in [5.41, 5.74) is 9.94. The lowest BCUT2D eigenvalue weighted by molar-refractivity contribution is 0.669. The molecule has 10 aromatic rings. The second-order valence-corrected chi connectivity index (χ2v) is 12.4. The summed E-state index contributed by atoms with van der Waals surface area (Å²) < 4.78 is 8.81. The highest BCUT2D eigenvalue weighted by Crippen LogP contribution is 2.39. The molecule has 50 heavy (non-hydrogen) atoms. The minimum atomic E-state index is 0.566. The zero-order chi connectivity index (χ0) is 33.0. The van der Waals surface area contributed by atoms with Crippen LogP contribution >= 0.6 is 0 Å². The standard InChI is InChI=1S/C44H27N5O/c1-3-10-28(11-4-1)29-17-19-30(20-18-29)42-46-43(48-44(47-42)32-12-9-23-45-27-32)31-21-22-40-36(24-31)37-25-39-35(26-41(37)50-40)34-15-7-8-16-38(34)49(39)33-13-5-2-6-14-33/h1-27H. The van der Waals surface area contributed by atoms with Crippen molar-refractivity contribution in [1.82, 2.24) is 24.5 Å². The van der Waals surface area contributed by atoms with Crippen LogP contribution in [0.15, 0.2) is 168 Å². The topological polar surface area (TPSA) is 69.6 Å². The third kappa shape index (κ3) is 4.65. The van der Waals surface area contributed by atoms with Gasteiger partial charge in [0.2, 0.25) is 0 Å². The number of benzene rings is 6. The molecule has 0 aliphatic heterocycles. The average molecular weight is 642 g/mol. The Morgan fingerprint density at radius 2 is 1.02 bits per heavy atom. The van der Waals surface area contributed by atoms with Crippen molar-refractivity contribution in [2.75, 3.05) is 0 Å². The molecule has 0 atom stereocenters. The summed E-state index contributed by atoms with van der Waals surface area (Å²) in [5.74, 6) is 1.74. The molecule has 0 saturated carbocycles. The quantitative estimate of drug-likeness (QED) is 0.187.